The molecule has 2 N–H and O–H groups in total. The first kappa shape index (κ1) is 42.9. The highest BCUT2D eigenvalue weighted by Gasteiger charge is 2.44. The Bertz CT molecular complexity index is 2700. The molecular weight excluding hydrogens is 873 g/mol. The van der Waals surface area contributed by atoms with Crippen LogP contribution in [0.3, 0.4) is 0 Å². The minimum absolute atomic E-state index is 0.0117. The van der Waals surface area contributed by atoms with Crippen LogP contribution in [0.15, 0.2) is 66.2 Å². The highest BCUT2D eigenvalue weighted by molar-refractivity contribution is 6.35. The van der Waals surface area contributed by atoms with E-state index in [-0.39, 0.29) is 48.5 Å². The van der Waals surface area contributed by atoms with Crippen molar-refractivity contribution in [2.24, 2.45) is 22.9 Å². The van der Waals surface area contributed by atoms with Gasteiger partial charge in [-0.25, -0.2) is 15.0 Å². The molecule has 3 atom stereocenters. The molecule has 15 nitrogen and oxygen atoms in total. The largest absolute Gasteiger partial charge is 0.493 e. The maximum absolute atomic E-state index is 14.7. The zero-order valence-electron chi connectivity index (χ0n) is 36.1. The lowest BCUT2D eigenvalue weighted by Crippen LogP contribution is -2.55. The highest BCUT2D eigenvalue weighted by Crippen LogP contribution is 2.48. The summed E-state index contributed by atoms with van der Waals surface area (Å²) >= 11 is 12.9. The molecule has 2 aromatic heterocycles. The lowest BCUT2D eigenvalue weighted by atomic mass is 9.73. The number of nitrogens with zero attached hydrogens (tertiary/aromatic N) is 5. The molecule has 65 heavy (non-hydrogen) atoms. The van der Waals surface area contributed by atoms with Crippen molar-refractivity contribution >= 4 is 57.7 Å². The summed E-state index contributed by atoms with van der Waals surface area (Å²) in [5, 5.41) is 10.6. The van der Waals surface area contributed by atoms with Gasteiger partial charge in [0.15, 0.2) is 23.0 Å². The summed E-state index contributed by atoms with van der Waals surface area (Å²) in [6.45, 7) is 1.33. The Balaban J connectivity index is 0.904. The predicted octanol–water partition coefficient (Wildman–Crippen LogP) is 7.85. The molecule has 3 aromatic carbocycles. The summed E-state index contributed by atoms with van der Waals surface area (Å²) in [4.78, 5) is 57.4. The summed E-state index contributed by atoms with van der Waals surface area (Å²) in [6, 6.07) is 13.3. The van der Waals surface area contributed by atoms with Crippen LogP contribution in [-0.2, 0) is 16.0 Å². The molecular formula is C48H49Cl2N7O8. The van der Waals surface area contributed by atoms with Crippen molar-refractivity contribution in [3.05, 3.63) is 87.8 Å². The monoisotopic (exact) mass is 921 g/mol. The summed E-state index contributed by atoms with van der Waals surface area (Å²) in [6.07, 6.45) is 10.0. The van der Waals surface area contributed by atoms with E-state index in [4.69, 9.17) is 52.0 Å². The van der Waals surface area contributed by atoms with E-state index < -0.39 is 11.9 Å². The van der Waals surface area contributed by atoms with Crippen LogP contribution in [0.2, 0.25) is 10.0 Å². The van der Waals surface area contributed by atoms with Crippen LogP contribution in [0.5, 0.6) is 28.7 Å². The van der Waals surface area contributed by atoms with Crippen LogP contribution in [0.4, 0.5) is 0 Å². The predicted molar refractivity (Wildman–Crippen MR) is 243 cm³/mol. The third kappa shape index (κ3) is 8.40. The second-order valence-corrected chi connectivity index (χ2v) is 18.2. The van der Waals surface area contributed by atoms with Gasteiger partial charge in [-0.2, -0.15) is 5.10 Å². The van der Waals surface area contributed by atoms with Crippen molar-refractivity contribution < 1.29 is 38.1 Å². The van der Waals surface area contributed by atoms with E-state index in [0.29, 0.717) is 105 Å². The molecule has 10 rings (SSSR count). The number of carbonyl (C=O) groups is 3. The van der Waals surface area contributed by atoms with Gasteiger partial charge in [0.25, 0.3) is 5.91 Å². The Morgan fingerprint density at radius 3 is 2.46 bits per heavy atom. The quantitative estimate of drug-likeness (QED) is 0.119. The van der Waals surface area contributed by atoms with E-state index in [1.165, 1.54) is 6.33 Å². The molecule has 3 aliphatic heterocycles. The second-order valence-electron chi connectivity index (χ2n) is 17.3. The first-order chi connectivity index (χ1) is 31.7. The van der Waals surface area contributed by atoms with Crippen molar-refractivity contribution in [2.75, 3.05) is 40.7 Å². The molecule has 3 amide bonds. The summed E-state index contributed by atoms with van der Waals surface area (Å²) in [5.74, 6) is 2.47. The third-order valence-corrected chi connectivity index (χ3v) is 13.9. The zero-order valence-corrected chi connectivity index (χ0v) is 37.6. The molecule has 2 saturated carbocycles. The lowest BCUT2D eigenvalue weighted by Gasteiger charge is -2.43. The van der Waals surface area contributed by atoms with Crippen LogP contribution in [0.1, 0.15) is 72.9 Å². The fourth-order valence-electron chi connectivity index (χ4n) is 9.68. The Hall–Kier alpha value is -6.06. The van der Waals surface area contributed by atoms with Gasteiger partial charge in [-0.15, -0.1) is 0 Å². The van der Waals surface area contributed by atoms with Crippen molar-refractivity contribution in [1.82, 2.24) is 30.2 Å². The fraction of sp³-hybridized carbons (Fsp3) is 0.417. The molecule has 5 aliphatic rings. The Morgan fingerprint density at radius 1 is 0.908 bits per heavy atom. The van der Waals surface area contributed by atoms with Crippen LogP contribution in [0.25, 0.3) is 22.3 Å². The first-order valence-electron chi connectivity index (χ1n) is 22.2. The maximum atomic E-state index is 14.7. The Labute approximate surface area is 385 Å². The number of H-pyrrole nitrogens is 1. The number of ether oxygens (including phenoxy) is 5. The number of likely N-dealkylation sites (tertiary alicyclic amines) is 1. The summed E-state index contributed by atoms with van der Waals surface area (Å²) in [5.41, 5.74) is 4.58. The molecule has 338 valence electrons. The maximum Gasteiger partial charge on any atom is 0.255 e. The smallest absolute Gasteiger partial charge is 0.255 e. The molecule has 5 heterocycles. The molecule has 17 heteroatoms. The van der Waals surface area contributed by atoms with Crippen LogP contribution < -0.4 is 29.0 Å². The number of hydrazone groups is 1. The lowest BCUT2D eigenvalue weighted by molar-refractivity contribution is -0.143. The van der Waals surface area contributed by atoms with Crippen molar-refractivity contribution in [2.45, 2.75) is 69.9 Å². The summed E-state index contributed by atoms with van der Waals surface area (Å²) < 4.78 is 29.0. The number of hydrogen-bond acceptors (Lipinski definition) is 11. The van der Waals surface area contributed by atoms with E-state index in [9.17, 15) is 14.4 Å². The van der Waals surface area contributed by atoms with Crippen molar-refractivity contribution in [3.63, 3.8) is 0 Å². The molecule has 0 spiro atoms. The number of carbonyl (C=O) groups excluding carboxylic acids is 3. The van der Waals surface area contributed by atoms with Gasteiger partial charge in [0.05, 0.1) is 49.2 Å². The first-order valence-corrected chi connectivity index (χ1v) is 23.0. The number of amides is 3. The Morgan fingerprint density at radius 2 is 1.69 bits per heavy atom. The summed E-state index contributed by atoms with van der Waals surface area (Å²) in [7, 11) is 3.21. The molecule has 0 bridgehead atoms. The molecule has 1 saturated heterocycles. The Kier molecular flexibility index (Phi) is 11.9. The van der Waals surface area contributed by atoms with Crippen LogP contribution >= 0.6 is 23.2 Å². The van der Waals surface area contributed by atoms with Gasteiger partial charge in [0, 0.05) is 53.2 Å². The number of piperidine rings is 1. The van der Waals surface area contributed by atoms with Gasteiger partial charge in [0.2, 0.25) is 18.6 Å². The average molecular weight is 923 g/mol. The standard InChI is InChI=1S/C48H49Cl2N7O8/c1-61-36-12-10-28(20-39(36)62-2)41-31-5-3-4-6-32(31)47(59)57(55-41)30-15-17-56(18-16-30)48(60)35(19-27-9-11-29(49)21-34(27)50)54-46(58)33-22-51-44-42(33)52-24-53-43(44)40-37(63-23-26-7-8-26)13-14-38-45(40)65-25-64-38/h9-14,20-22,24,26,30-32,35,51H,3-8,15-19,23,25H2,1-2H3,(H,54,58)/t31-,32+,35+/m0/s1. The minimum atomic E-state index is -1.01. The van der Waals surface area contributed by atoms with E-state index in [0.717, 1.165) is 49.8 Å². The number of halogens is 2. The second kappa shape index (κ2) is 18.1. The number of aromatic nitrogens is 3. The van der Waals surface area contributed by atoms with Gasteiger partial charge in [-0.3, -0.25) is 14.4 Å². The number of fused-ring (bicyclic) bond motifs is 3. The van der Waals surface area contributed by atoms with E-state index in [1.54, 1.807) is 48.5 Å². The topological polar surface area (TPSA) is 170 Å². The zero-order chi connectivity index (χ0) is 44.8. The van der Waals surface area contributed by atoms with Crippen molar-refractivity contribution in [1.29, 1.82) is 0 Å². The van der Waals surface area contributed by atoms with Crippen LogP contribution in [-0.4, -0.2) is 101 Å². The van der Waals surface area contributed by atoms with Crippen LogP contribution in [0, 0.1) is 17.8 Å². The normalized spacial score (nSPS) is 20.0. The molecule has 0 unspecified atom stereocenters. The number of hydrogen-bond donors (Lipinski definition) is 2. The number of benzene rings is 3. The number of nitrogens with one attached hydrogen (secondary N) is 2. The van der Waals surface area contributed by atoms with Gasteiger partial charge in [-0.1, -0.05) is 42.1 Å². The fourth-order valence-corrected chi connectivity index (χ4v) is 10.2. The van der Waals surface area contributed by atoms with Gasteiger partial charge in [-0.05, 0) is 92.5 Å². The number of methoxy groups -OCH3 is 2. The van der Waals surface area contributed by atoms with Gasteiger partial charge in [0.1, 0.15) is 29.3 Å². The number of rotatable bonds is 13. The average Bonchev–Trinajstić information content (AvgIpc) is 3.85. The minimum Gasteiger partial charge on any atom is -0.493 e. The third-order valence-electron chi connectivity index (χ3n) is 13.3. The van der Waals surface area contributed by atoms with Crippen molar-refractivity contribution in [3.8, 4) is 40.0 Å². The molecule has 2 aliphatic carbocycles. The SMILES string of the molecule is COc1ccc(C2=NN(C3CCN(C(=O)[C@@H](Cc4ccc(Cl)cc4Cl)NC(=O)c4c[nH]c5c(-c6c(OCC7CC7)ccc7c6OCO7)ncnc45)CC3)C(=O)[C@@H]3CCCC[C@H]23)cc1OC. The highest BCUT2D eigenvalue weighted by atomic mass is 35.5. The molecule has 5 aromatic rings. The van der Waals surface area contributed by atoms with E-state index in [2.05, 4.69) is 20.3 Å². The van der Waals surface area contributed by atoms with Gasteiger partial charge >= 0.3 is 0 Å². The van der Waals surface area contributed by atoms with E-state index in [1.807, 2.05) is 30.3 Å². The number of aromatic amines is 1. The molecule has 0 radical (unpaired) electrons. The van der Waals surface area contributed by atoms with E-state index >= 15 is 0 Å². The van der Waals surface area contributed by atoms with Gasteiger partial charge < -0.3 is 38.9 Å². The molecule has 3 fully saturated rings.